The lowest BCUT2D eigenvalue weighted by Crippen LogP contribution is -2.03. The maximum absolute atomic E-state index is 13.4. The van der Waals surface area contributed by atoms with Gasteiger partial charge in [-0.15, -0.1) is 0 Å². The minimum atomic E-state index is -0.334. The molecule has 0 amide bonds. The van der Waals surface area contributed by atoms with E-state index in [1.54, 1.807) is 24.3 Å². The standard InChI is InChI=1S/C16H16FN3O/c1-9(2)20-14-7-6-10(17)8-13(14)19-16(20)11-4-3-5-12(18)15(11)21/h3-9,21H,18H2,1-2H3. The third kappa shape index (κ3) is 2.11. The number of imidazole rings is 1. The second-order valence-electron chi connectivity index (χ2n) is 5.28. The fourth-order valence-electron chi connectivity index (χ4n) is 2.53. The Morgan fingerprint density at radius 2 is 2.00 bits per heavy atom. The number of hydrogen-bond donors (Lipinski definition) is 2. The van der Waals surface area contributed by atoms with Crippen molar-refractivity contribution in [3.8, 4) is 17.1 Å². The van der Waals surface area contributed by atoms with Gasteiger partial charge < -0.3 is 15.4 Å². The topological polar surface area (TPSA) is 64.1 Å². The number of para-hydroxylation sites is 1. The highest BCUT2D eigenvalue weighted by Crippen LogP contribution is 2.36. The number of nitrogen functional groups attached to an aromatic ring is 1. The van der Waals surface area contributed by atoms with E-state index in [9.17, 15) is 9.50 Å². The average Bonchev–Trinajstić information content (AvgIpc) is 2.80. The van der Waals surface area contributed by atoms with Gasteiger partial charge in [-0.05, 0) is 38.1 Å². The van der Waals surface area contributed by atoms with Crippen molar-refractivity contribution in [2.24, 2.45) is 0 Å². The van der Waals surface area contributed by atoms with Crippen LogP contribution >= 0.6 is 0 Å². The SMILES string of the molecule is CC(C)n1c(-c2cccc(N)c2O)nc2cc(F)ccc21. The Morgan fingerprint density at radius 3 is 2.71 bits per heavy atom. The fraction of sp³-hybridized carbons (Fsp3) is 0.188. The third-order valence-electron chi connectivity index (χ3n) is 3.48. The molecule has 1 heterocycles. The van der Waals surface area contributed by atoms with Gasteiger partial charge in [0.25, 0.3) is 0 Å². The molecule has 4 nitrogen and oxygen atoms in total. The summed E-state index contributed by atoms with van der Waals surface area (Å²) in [6.45, 7) is 4.02. The number of phenolic OH excluding ortho intramolecular Hbond substituents is 1. The Kier molecular flexibility index (Phi) is 3.05. The molecule has 3 N–H and O–H groups in total. The monoisotopic (exact) mass is 285 g/mol. The predicted octanol–water partition coefficient (Wildman–Crippen LogP) is 3.71. The molecule has 0 bridgehead atoms. The first-order valence-corrected chi connectivity index (χ1v) is 6.74. The van der Waals surface area contributed by atoms with Crippen molar-refractivity contribution in [3.05, 3.63) is 42.2 Å². The van der Waals surface area contributed by atoms with Gasteiger partial charge in [0, 0.05) is 12.1 Å². The van der Waals surface area contributed by atoms with Crippen LogP contribution in [0.1, 0.15) is 19.9 Å². The van der Waals surface area contributed by atoms with Crippen molar-refractivity contribution in [2.45, 2.75) is 19.9 Å². The zero-order chi connectivity index (χ0) is 15.1. The van der Waals surface area contributed by atoms with Crippen molar-refractivity contribution in [1.29, 1.82) is 0 Å². The molecule has 0 fully saturated rings. The van der Waals surface area contributed by atoms with Crippen molar-refractivity contribution in [3.63, 3.8) is 0 Å². The fourth-order valence-corrected chi connectivity index (χ4v) is 2.53. The first-order valence-electron chi connectivity index (χ1n) is 6.74. The zero-order valence-electron chi connectivity index (χ0n) is 11.8. The second-order valence-corrected chi connectivity index (χ2v) is 5.28. The molecule has 0 saturated carbocycles. The van der Waals surface area contributed by atoms with E-state index in [0.717, 1.165) is 5.52 Å². The van der Waals surface area contributed by atoms with Gasteiger partial charge in [0.1, 0.15) is 17.4 Å². The largest absolute Gasteiger partial charge is 0.505 e. The zero-order valence-corrected chi connectivity index (χ0v) is 11.8. The van der Waals surface area contributed by atoms with Crippen LogP contribution in [0.3, 0.4) is 0 Å². The molecule has 0 spiro atoms. The van der Waals surface area contributed by atoms with E-state index >= 15 is 0 Å². The summed E-state index contributed by atoms with van der Waals surface area (Å²) in [7, 11) is 0. The van der Waals surface area contributed by atoms with Crippen molar-refractivity contribution in [1.82, 2.24) is 9.55 Å². The molecule has 0 atom stereocenters. The summed E-state index contributed by atoms with van der Waals surface area (Å²) >= 11 is 0. The number of nitrogens with zero attached hydrogens (tertiary/aromatic N) is 2. The number of nitrogens with two attached hydrogens (primary N) is 1. The normalized spacial score (nSPS) is 11.4. The summed E-state index contributed by atoms with van der Waals surface area (Å²) in [6, 6.07) is 9.74. The minimum absolute atomic E-state index is 0.00446. The van der Waals surface area contributed by atoms with Gasteiger partial charge in [0.2, 0.25) is 0 Å². The molecular weight excluding hydrogens is 269 g/mol. The van der Waals surface area contributed by atoms with Crippen LogP contribution in [0.5, 0.6) is 5.75 Å². The molecule has 0 aliphatic carbocycles. The summed E-state index contributed by atoms with van der Waals surface area (Å²) in [6.07, 6.45) is 0. The number of rotatable bonds is 2. The number of anilines is 1. The Labute approximate surface area is 121 Å². The summed E-state index contributed by atoms with van der Waals surface area (Å²) < 4.78 is 15.4. The molecule has 21 heavy (non-hydrogen) atoms. The molecule has 0 saturated heterocycles. The van der Waals surface area contributed by atoms with E-state index in [0.29, 0.717) is 22.6 Å². The number of benzene rings is 2. The predicted molar refractivity (Wildman–Crippen MR) is 81.6 cm³/mol. The first-order chi connectivity index (χ1) is 9.99. The van der Waals surface area contributed by atoms with Gasteiger partial charge in [-0.1, -0.05) is 6.07 Å². The Morgan fingerprint density at radius 1 is 1.24 bits per heavy atom. The number of fused-ring (bicyclic) bond motifs is 1. The molecule has 108 valence electrons. The van der Waals surface area contributed by atoms with E-state index in [1.165, 1.54) is 12.1 Å². The van der Waals surface area contributed by atoms with Gasteiger partial charge >= 0.3 is 0 Å². The lowest BCUT2D eigenvalue weighted by Gasteiger charge is -2.14. The highest BCUT2D eigenvalue weighted by Gasteiger charge is 2.18. The van der Waals surface area contributed by atoms with Crippen LogP contribution in [-0.2, 0) is 0 Å². The summed E-state index contributed by atoms with van der Waals surface area (Å²) in [5, 5.41) is 10.2. The smallest absolute Gasteiger partial charge is 0.149 e. The third-order valence-corrected chi connectivity index (χ3v) is 3.48. The Hall–Kier alpha value is -2.56. The van der Waals surface area contributed by atoms with Crippen molar-refractivity contribution >= 4 is 16.7 Å². The Balaban J connectivity index is 2.36. The molecule has 0 aliphatic heterocycles. The van der Waals surface area contributed by atoms with Crippen LogP contribution < -0.4 is 5.73 Å². The van der Waals surface area contributed by atoms with E-state index in [2.05, 4.69) is 4.98 Å². The molecule has 1 aromatic heterocycles. The molecule has 0 unspecified atom stereocenters. The maximum Gasteiger partial charge on any atom is 0.149 e. The van der Waals surface area contributed by atoms with E-state index in [-0.39, 0.29) is 17.6 Å². The molecular formula is C16H16FN3O. The van der Waals surface area contributed by atoms with Crippen LogP contribution in [0, 0.1) is 5.82 Å². The van der Waals surface area contributed by atoms with Crippen LogP contribution in [0.4, 0.5) is 10.1 Å². The van der Waals surface area contributed by atoms with E-state index in [4.69, 9.17) is 5.73 Å². The maximum atomic E-state index is 13.4. The minimum Gasteiger partial charge on any atom is -0.505 e. The highest BCUT2D eigenvalue weighted by atomic mass is 19.1. The molecule has 0 radical (unpaired) electrons. The van der Waals surface area contributed by atoms with E-state index < -0.39 is 0 Å². The van der Waals surface area contributed by atoms with Crippen LogP contribution in [0.15, 0.2) is 36.4 Å². The van der Waals surface area contributed by atoms with Gasteiger partial charge in [-0.2, -0.15) is 0 Å². The lowest BCUT2D eigenvalue weighted by molar-refractivity contribution is 0.478. The van der Waals surface area contributed by atoms with Crippen molar-refractivity contribution < 1.29 is 9.50 Å². The highest BCUT2D eigenvalue weighted by molar-refractivity contribution is 5.83. The van der Waals surface area contributed by atoms with Crippen LogP contribution in [0.2, 0.25) is 0 Å². The first kappa shape index (κ1) is 13.4. The molecule has 3 aromatic rings. The van der Waals surface area contributed by atoms with Crippen molar-refractivity contribution in [2.75, 3.05) is 5.73 Å². The van der Waals surface area contributed by atoms with Crippen LogP contribution in [-0.4, -0.2) is 14.7 Å². The summed E-state index contributed by atoms with van der Waals surface area (Å²) in [4.78, 5) is 4.47. The van der Waals surface area contributed by atoms with Gasteiger partial charge in [0.15, 0.2) is 0 Å². The van der Waals surface area contributed by atoms with Crippen LogP contribution in [0.25, 0.3) is 22.4 Å². The van der Waals surface area contributed by atoms with Gasteiger partial charge in [-0.3, -0.25) is 0 Å². The molecule has 3 rings (SSSR count). The number of phenols is 1. The lowest BCUT2D eigenvalue weighted by atomic mass is 10.1. The summed E-state index contributed by atoms with van der Waals surface area (Å²) in [5.74, 6) is 0.241. The quantitative estimate of drug-likeness (QED) is 0.557. The molecule has 0 aliphatic rings. The number of aromatic hydroxyl groups is 1. The summed E-state index contributed by atoms with van der Waals surface area (Å²) in [5.41, 5.74) is 7.97. The van der Waals surface area contributed by atoms with E-state index in [1.807, 2.05) is 18.4 Å². The number of halogens is 1. The van der Waals surface area contributed by atoms with Gasteiger partial charge in [-0.25, -0.2) is 9.37 Å². The molecule has 2 aromatic carbocycles. The number of aromatic nitrogens is 2. The average molecular weight is 285 g/mol. The number of hydrogen-bond acceptors (Lipinski definition) is 3. The Bertz CT molecular complexity index is 824. The second kappa shape index (κ2) is 4.77. The molecule has 5 heteroatoms. The van der Waals surface area contributed by atoms with Gasteiger partial charge in [0.05, 0.1) is 22.3 Å².